The number of thiazole rings is 1. The van der Waals surface area contributed by atoms with Crippen LogP contribution in [-0.2, 0) is 11.0 Å². The number of para-hydroxylation sites is 1. The minimum Gasteiger partial charge on any atom is -0.494 e. The molecule has 29 heavy (non-hydrogen) atoms. The van der Waals surface area contributed by atoms with Gasteiger partial charge in [-0.3, -0.25) is 4.79 Å². The van der Waals surface area contributed by atoms with Crippen molar-refractivity contribution in [1.29, 1.82) is 0 Å². The third kappa shape index (κ3) is 3.71. The average Bonchev–Trinajstić information content (AvgIpc) is 3.04. The average molecular weight is 425 g/mol. The standard InChI is InChI=1S/C19H15F4N3O2S/c1-28-14-3-2-4-15-16(14)25-18(29-15)26-8-10(9-26)17(27)24-11-5-6-13(20)12(7-11)19(21,22)23/h2-7,10H,8-9H2,1H3,(H,24,27). The molecule has 1 amide bonds. The van der Waals surface area contributed by atoms with E-state index in [0.29, 0.717) is 31.0 Å². The maximum atomic E-state index is 13.4. The molecule has 0 saturated carbocycles. The number of nitrogens with one attached hydrogen (secondary N) is 1. The zero-order chi connectivity index (χ0) is 20.8. The molecule has 2 heterocycles. The number of rotatable bonds is 4. The van der Waals surface area contributed by atoms with Gasteiger partial charge in [-0.05, 0) is 30.3 Å². The Morgan fingerprint density at radius 2 is 2.03 bits per heavy atom. The Morgan fingerprint density at radius 3 is 2.72 bits per heavy atom. The Kier molecular flexibility index (Phi) is 4.81. The van der Waals surface area contributed by atoms with Crippen molar-refractivity contribution in [3.63, 3.8) is 0 Å². The number of aromatic nitrogens is 1. The number of halogens is 4. The summed E-state index contributed by atoms with van der Waals surface area (Å²) < 4.78 is 58.0. The number of ether oxygens (including phenoxy) is 1. The summed E-state index contributed by atoms with van der Waals surface area (Å²) in [5.74, 6) is -1.53. The summed E-state index contributed by atoms with van der Waals surface area (Å²) in [6.45, 7) is 0.780. The van der Waals surface area contributed by atoms with Crippen LogP contribution in [0, 0.1) is 11.7 Å². The number of hydrogen-bond donors (Lipinski definition) is 1. The van der Waals surface area contributed by atoms with Crippen LogP contribution >= 0.6 is 11.3 Å². The predicted molar refractivity (Wildman–Crippen MR) is 102 cm³/mol. The van der Waals surface area contributed by atoms with Gasteiger partial charge in [-0.1, -0.05) is 17.4 Å². The number of methoxy groups -OCH3 is 1. The number of anilines is 2. The highest BCUT2D eigenvalue weighted by atomic mass is 32.1. The van der Waals surface area contributed by atoms with Gasteiger partial charge < -0.3 is 15.0 Å². The van der Waals surface area contributed by atoms with E-state index in [1.165, 1.54) is 11.3 Å². The van der Waals surface area contributed by atoms with Gasteiger partial charge in [0.1, 0.15) is 17.1 Å². The third-order valence-corrected chi connectivity index (χ3v) is 5.73. The van der Waals surface area contributed by atoms with E-state index in [-0.39, 0.29) is 5.69 Å². The van der Waals surface area contributed by atoms with E-state index in [9.17, 15) is 22.4 Å². The molecule has 5 nitrogen and oxygen atoms in total. The zero-order valence-electron chi connectivity index (χ0n) is 15.1. The van der Waals surface area contributed by atoms with Gasteiger partial charge in [-0.25, -0.2) is 9.37 Å². The molecule has 1 aromatic heterocycles. The molecular formula is C19H15F4N3O2S. The second-order valence-corrected chi connectivity index (χ2v) is 7.60. The second kappa shape index (κ2) is 7.18. The first kappa shape index (κ1) is 19.4. The Labute approximate surface area is 166 Å². The van der Waals surface area contributed by atoms with Crippen molar-refractivity contribution in [1.82, 2.24) is 4.98 Å². The van der Waals surface area contributed by atoms with Crippen LogP contribution in [0.4, 0.5) is 28.4 Å². The predicted octanol–water partition coefficient (Wildman–Crippen LogP) is 4.54. The molecule has 0 bridgehead atoms. The lowest BCUT2D eigenvalue weighted by Gasteiger charge is -2.37. The largest absolute Gasteiger partial charge is 0.494 e. The SMILES string of the molecule is COc1cccc2sc(N3CC(C(=O)Nc4ccc(F)c(C(F)(F)F)c4)C3)nc12. The monoisotopic (exact) mass is 425 g/mol. The molecule has 1 N–H and O–H groups in total. The van der Waals surface area contributed by atoms with Crippen LogP contribution in [-0.4, -0.2) is 31.1 Å². The van der Waals surface area contributed by atoms with Crippen molar-refractivity contribution in [3.8, 4) is 5.75 Å². The van der Waals surface area contributed by atoms with E-state index in [4.69, 9.17) is 4.74 Å². The van der Waals surface area contributed by atoms with Gasteiger partial charge in [-0.15, -0.1) is 0 Å². The van der Waals surface area contributed by atoms with Gasteiger partial charge in [0.25, 0.3) is 0 Å². The number of hydrogen-bond acceptors (Lipinski definition) is 5. The summed E-state index contributed by atoms with van der Waals surface area (Å²) in [5, 5.41) is 3.18. The fourth-order valence-corrected chi connectivity index (χ4v) is 4.08. The van der Waals surface area contributed by atoms with Crippen LogP contribution in [0.1, 0.15) is 5.56 Å². The summed E-state index contributed by atoms with van der Waals surface area (Å²) in [6, 6.07) is 8.02. The molecule has 0 radical (unpaired) electrons. The highest BCUT2D eigenvalue weighted by Gasteiger charge is 2.36. The maximum Gasteiger partial charge on any atom is 0.419 e. The summed E-state index contributed by atoms with van der Waals surface area (Å²) in [4.78, 5) is 18.8. The number of nitrogens with zero attached hydrogens (tertiary/aromatic N) is 2. The molecule has 2 aromatic carbocycles. The number of carbonyl (C=O) groups excluding carboxylic acids is 1. The van der Waals surface area contributed by atoms with Crippen LogP contribution in [0.15, 0.2) is 36.4 Å². The molecule has 152 valence electrons. The number of amides is 1. The molecule has 4 rings (SSSR count). The Balaban J connectivity index is 1.42. The van der Waals surface area contributed by atoms with Crippen LogP contribution in [0.2, 0.25) is 0 Å². The minimum atomic E-state index is -4.83. The normalized spacial score (nSPS) is 14.7. The fourth-order valence-electron chi connectivity index (χ4n) is 3.08. The van der Waals surface area contributed by atoms with E-state index >= 15 is 0 Å². The van der Waals surface area contributed by atoms with Gasteiger partial charge in [-0.2, -0.15) is 13.2 Å². The molecule has 0 spiro atoms. The molecule has 0 atom stereocenters. The van der Waals surface area contributed by atoms with E-state index in [1.807, 2.05) is 23.1 Å². The van der Waals surface area contributed by atoms with Crippen LogP contribution in [0.5, 0.6) is 5.75 Å². The van der Waals surface area contributed by atoms with Crippen molar-refractivity contribution in [2.24, 2.45) is 5.92 Å². The molecule has 1 fully saturated rings. The number of carbonyl (C=O) groups is 1. The first-order chi connectivity index (χ1) is 13.8. The first-order valence-electron chi connectivity index (χ1n) is 8.62. The topological polar surface area (TPSA) is 54.5 Å². The van der Waals surface area contributed by atoms with Gasteiger partial charge in [0.2, 0.25) is 5.91 Å². The number of benzene rings is 2. The minimum absolute atomic E-state index is 0.0908. The summed E-state index contributed by atoms with van der Waals surface area (Å²) in [5.41, 5.74) is -0.755. The smallest absolute Gasteiger partial charge is 0.419 e. The van der Waals surface area contributed by atoms with Crippen LogP contribution in [0.3, 0.4) is 0 Å². The molecule has 0 aliphatic carbocycles. The zero-order valence-corrected chi connectivity index (χ0v) is 15.9. The molecular weight excluding hydrogens is 410 g/mol. The van der Waals surface area contributed by atoms with Crippen LogP contribution < -0.4 is 15.0 Å². The lowest BCUT2D eigenvalue weighted by atomic mass is 10.00. The van der Waals surface area contributed by atoms with Crippen molar-refractivity contribution in [3.05, 3.63) is 47.8 Å². The van der Waals surface area contributed by atoms with Gasteiger partial charge >= 0.3 is 6.18 Å². The Bertz CT molecular complexity index is 1080. The molecule has 1 saturated heterocycles. The lowest BCUT2D eigenvalue weighted by Crippen LogP contribution is -2.52. The molecule has 1 aliphatic rings. The molecule has 1 aliphatic heterocycles. The summed E-state index contributed by atoms with van der Waals surface area (Å²) in [7, 11) is 1.57. The van der Waals surface area contributed by atoms with E-state index < -0.39 is 29.4 Å². The van der Waals surface area contributed by atoms with Gasteiger partial charge in [0.15, 0.2) is 5.13 Å². The highest BCUT2D eigenvalue weighted by Crippen LogP contribution is 2.37. The van der Waals surface area contributed by atoms with Crippen molar-refractivity contribution in [2.45, 2.75) is 6.18 Å². The second-order valence-electron chi connectivity index (χ2n) is 6.59. The first-order valence-corrected chi connectivity index (χ1v) is 9.44. The molecule has 10 heteroatoms. The Hall–Kier alpha value is -2.88. The van der Waals surface area contributed by atoms with E-state index in [1.54, 1.807) is 7.11 Å². The highest BCUT2D eigenvalue weighted by molar-refractivity contribution is 7.22. The Morgan fingerprint density at radius 1 is 1.28 bits per heavy atom. The maximum absolute atomic E-state index is 13.4. The summed E-state index contributed by atoms with van der Waals surface area (Å²) >= 11 is 1.47. The van der Waals surface area contributed by atoms with Crippen molar-refractivity contribution < 1.29 is 27.1 Å². The molecule has 3 aromatic rings. The van der Waals surface area contributed by atoms with E-state index in [2.05, 4.69) is 10.3 Å². The van der Waals surface area contributed by atoms with Gasteiger partial charge in [0.05, 0.1) is 23.3 Å². The summed E-state index contributed by atoms with van der Waals surface area (Å²) in [6.07, 6.45) is -4.83. The van der Waals surface area contributed by atoms with Crippen molar-refractivity contribution >= 4 is 38.3 Å². The number of alkyl halides is 3. The van der Waals surface area contributed by atoms with E-state index in [0.717, 1.165) is 21.4 Å². The van der Waals surface area contributed by atoms with Crippen LogP contribution in [0.25, 0.3) is 10.2 Å². The third-order valence-electron chi connectivity index (χ3n) is 4.65. The van der Waals surface area contributed by atoms with Gasteiger partial charge in [0, 0.05) is 18.8 Å². The quantitative estimate of drug-likeness (QED) is 0.624. The molecule has 0 unspecified atom stereocenters. The van der Waals surface area contributed by atoms with Crippen molar-refractivity contribution in [2.75, 3.05) is 30.4 Å². The number of fused-ring (bicyclic) bond motifs is 1. The lowest BCUT2D eigenvalue weighted by molar-refractivity contribution is -0.140. The fraction of sp³-hybridized carbons (Fsp3) is 0.263.